The van der Waals surface area contributed by atoms with E-state index in [0.29, 0.717) is 43.5 Å². The summed E-state index contributed by atoms with van der Waals surface area (Å²) in [6.07, 6.45) is 3.56. The van der Waals surface area contributed by atoms with Crippen LogP contribution in [0.4, 0.5) is 5.69 Å². The fourth-order valence-corrected chi connectivity index (χ4v) is 6.23. The molecule has 5 rings (SSSR count). The summed E-state index contributed by atoms with van der Waals surface area (Å²) in [5.41, 5.74) is 6.21. The van der Waals surface area contributed by atoms with Crippen molar-refractivity contribution < 1.29 is 23.9 Å². The highest BCUT2D eigenvalue weighted by atomic mass is 16.5. The number of nitrogens with zero attached hydrogens (tertiary/aromatic N) is 5. The van der Waals surface area contributed by atoms with Crippen LogP contribution in [0.3, 0.4) is 0 Å². The molecule has 248 valence electrons. The zero-order valence-electron chi connectivity index (χ0n) is 27.9. The minimum atomic E-state index is -0.120. The van der Waals surface area contributed by atoms with E-state index in [1.54, 1.807) is 32.3 Å². The van der Waals surface area contributed by atoms with Gasteiger partial charge in [-0.05, 0) is 86.8 Å². The number of imidazole rings is 1. The van der Waals surface area contributed by atoms with Gasteiger partial charge in [0.25, 0.3) is 6.01 Å². The van der Waals surface area contributed by atoms with Crippen molar-refractivity contribution in [1.82, 2.24) is 24.8 Å². The SMILES string of the molecule is CNC(=O)C1CCN(CC(=O)CCC(=O)N(C)c2ccc(C)c(COc3cccc4c3nc(OC)n4Cc3ccccn3)c2C)CC1. The number of piperidine rings is 1. The number of rotatable bonds is 13. The lowest BCUT2D eigenvalue weighted by molar-refractivity contribution is -0.127. The number of aromatic nitrogens is 3. The first-order valence-corrected chi connectivity index (χ1v) is 16.1. The summed E-state index contributed by atoms with van der Waals surface area (Å²) in [5.74, 6) is 0.616. The van der Waals surface area contributed by atoms with Crippen LogP contribution in [0.5, 0.6) is 11.8 Å². The number of ketones is 1. The molecule has 0 unspecified atom stereocenters. The van der Waals surface area contributed by atoms with E-state index in [9.17, 15) is 14.4 Å². The van der Waals surface area contributed by atoms with Gasteiger partial charge < -0.3 is 19.7 Å². The number of methoxy groups -OCH3 is 1. The van der Waals surface area contributed by atoms with Gasteiger partial charge in [0.15, 0.2) is 0 Å². The van der Waals surface area contributed by atoms with Crippen LogP contribution in [0.25, 0.3) is 11.0 Å². The molecule has 1 saturated heterocycles. The Morgan fingerprint density at radius 1 is 1.02 bits per heavy atom. The van der Waals surface area contributed by atoms with Gasteiger partial charge >= 0.3 is 0 Å². The predicted octanol–water partition coefficient (Wildman–Crippen LogP) is 4.45. The highest BCUT2D eigenvalue weighted by molar-refractivity contribution is 5.96. The second-order valence-electron chi connectivity index (χ2n) is 12.1. The maximum atomic E-state index is 13.2. The molecule has 0 aliphatic carbocycles. The van der Waals surface area contributed by atoms with Gasteiger partial charge in [-0.1, -0.05) is 18.2 Å². The Kier molecular flexibility index (Phi) is 10.9. The standard InChI is InChI=1S/C36H44N6O5/c1-24-12-14-30(40(4)33(44)15-13-28(43)22-41-19-16-26(17-20-41)35(45)37-3)25(2)29(24)23-47-32-11-8-10-31-34(32)39-36(46-5)42(31)21-27-9-6-7-18-38-27/h6-12,14,18,26H,13,15-17,19-23H2,1-5H3,(H,37,45). The Balaban J connectivity index is 1.22. The Hall–Kier alpha value is -4.77. The molecule has 47 heavy (non-hydrogen) atoms. The number of likely N-dealkylation sites (tertiary alicyclic amines) is 1. The Morgan fingerprint density at radius 2 is 1.81 bits per heavy atom. The topological polar surface area (TPSA) is 119 Å². The Bertz CT molecular complexity index is 1730. The number of hydrogen-bond donors (Lipinski definition) is 1. The van der Waals surface area contributed by atoms with Gasteiger partial charge in [0.2, 0.25) is 11.8 Å². The van der Waals surface area contributed by atoms with Crippen molar-refractivity contribution in [2.24, 2.45) is 5.92 Å². The van der Waals surface area contributed by atoms with E-state index in [2.05, 4.69) is 15.2 Å². The highest BCUT2D eigenvalue weighted by Gasteiger charge is 2.26. The third kappa shape index (κ3) is 7.79. The molecule has 0 saturated carbocycles. The van der Waals surface area contributed by atoms with Crippen LogP contribution >= 0.6 is 0 Å². The van der Waals surface area contributed by atoms with Gasteiger partial charge in [0, 0.05) is 44.7 Å². The molecular weight excluding hydrogens is 596 g/mol. The monoisotopic (exact) mass is 640 g/mol. The number of pyridine rings is 1. The van der Waals surface area contributed by atoms with E-state index in [4.69, 9.17) is 14.5 Å². The molecule has 2 aromatic heterocycles. The predicted molar refractivity (Wildman–Crippen MR) is 181 cm³/mol. The van der Waals surface area contributed by atoms with Crippen LogP contribution in [0.1, 0.15) is 48.1 Å². The van der Waals surface area contributed by atoms with Crippen molar-refractivity contribution >= 4 is 34.3 Å². The first-order valence-electron chi connectivity index (χ1n) is 16.1. The number of Topliss-reactive ketones (excluding diaryl/α,β-unsaturated/α-hetero) is 1. The summed E-state index contributed by atoms with van der Waals surface area (Å²) in [5, 5.41) is 2.71. The molecule has 1 aliphatic heterocycles. The average molecular weight is 641 g/mol. The zero-order chi connectivity index (χ0) is 33.5. The second-order valence-corrected chi connectivity index (χ2v) is 12.1. The molecule has 11 heteroatoms. The van der Waals surface area contributed by atoms with Crippen LogP contribution in [0, 0.1) is 19.8 Å². The van der Waals surface area contributed by atoms with Gasteiger partial charge in [-0.25, -0.2) is 0 Å². The van der Waals surface area contributed by atoms with Crippen LogP contribution < -0.4 is 19.7 Å². The van der Waals surface area contributed by atoms with Crippen LogP contribution in [-0.2, 0) is 27.5 Å². The summed E-state index contributed by atoms with van der Waals surface area (Å²) in [7, 11) is 5.00. The fraction of sp³-hybridized carbons (Fsp3) is 0.417. The molecule has 1 fully saturated rings. The minimum Gasteiger partial charge on any atom is -0.487 e. The Labute approximate surface area is 275 Å². The number of hydrogen-bond acceptors (Lipinski definition) is 8. The molecule has 4 aromatic rings. The first-order chi connectivity index (χ1) is 22.7. The number of benzene rings is 2. The van der Waals surface area contributed by atoms with Gasteiger partial charge in [-0.3, -0.25) is 28.8 Å². The summed E-state index contributed by atoms with van der Waals surface area (Å²) < 4.78 is 14.0. The number of carbonyl (C=O) groups is 3. The Morgan fingerprint density at radius 3 is 2.51 bits per heavy atom. The molecule has 3 heterocycles. The number of para-hydroxylation sites is 1. The van der Waals surface area contributed by atoms with Gasteiger partial charge in [0.1, 0.15) is 23.7 Å². The largest absolute Gasteiger partial charge is 0.487 e. The van der Waals surface area contributed by atoms with Crippen molar-refractivity contribution in [2.75, 3.05) is 45.7 Å². The third-order valence-corrected chi connectivity index (χ3v) is 9.07. The third-order valence-electron chi connectivity index (χ3n) is 9.07. The molecule has 0 bridgehead atoms. The van der Waals surface area contributed by atoms with Crippen LogP contribution in [0.15, 0.2) is 54.7 Å². The number of amides is 2. The summed E-state index contributed by atoms with van der Waals surface area (Å²) >= 11 is 0. The van der Waals surface area contributed by atoms with Crippen molar-refractivity contribution in [1.29, 1.82) is 0 Å². The molecule has 0 spiro atoms. The lowest BCUT2D eigenvalue weighted by Crippen LogP contribution is -2.41. The minimum absolute atomic E-state index is 0.00759. The number of anilines is 1. The summed E-state index contributed by atoms with van der Waals surface area (Å²) in [6.45, 7) is 6.54. The van der Waals surface area contributed by atoms with E-state index in [1.807, 2.05) is 66.9 Å². The number of aryl methyl sites for hydroxylation is 1. The average Bonchev–Trinajstić information content (AvgIpc) is 3.45. The number of ether oxygens (including phenoxy) is 2. The van der Waals surface area contributed by atoms with Crippen molar-refractivity contribution in [2.45, 2.75) is 52.7 Å². The quantitative estimate of drug-likeness (QED) is 0.228. The van der Waals surface area contributed by atoms with Crippen molar-refractivity contribution in [3.05, 3.63) is 77.1 Å². The lowest BCUT2D eigenvalue weighted by Gasteiger charge is -2.30. The van der Waals surface area contributed by atoms with Crippen LogP contribution in [-0.4, -0.2) is 77.9 Å². The fourth-order valence-electron chi connectivity index (χ4n) is 6.23. The molecule has 2 aromatic carbocycles. The van der Waals surface area contributed by atoms with Gasteiger partial charge in [0.05, 0.1) is 31.4 Å². The molecule has 0 radical (unpaired) electrons. The molecule has 1 aliphatic rings. The molecule has 2 amide bonds. The normalized spacial score (nSPS) is 13.8. The van der Waals surface area contributed by atoms with Crippen molar-refractivity contribution in [3.8, 4) is 11.8 Å². The number of carbonyl (C=O) groups excluding carboxylic acids is 3. The van der Waals surface area contributed by atoms with E-state index in [-0.39, 0.29) is 43.0 Å². The summed E-state index contributed by atoms with van der Waals surface area (Å²) in [6, 6.07) is 16.0. The van der Waals surface area contributed by atoms with Gasteiger partial charge in [-0.15, -0.1) is 0 Å². The first kappa shape index (κ1) is 33.6. The summed E-state index contributed by atoms with van der Waals surface area (Å²) in [4.78, 5) is 50.7. The molecule has 1 N–H and O–H groups in total. The lowest BCUT2D eigenvalue weighted by atomic mass is 9.95. The van der Waals surface area contributed by atoms with Crippen molar-refractivity contribution in [3.63, 3.8) is 0 Å². The molecule has 0 atom stereocenters. The van der Waals surface area contributed by atoms with E-state index >= 15 is 0 Å². The molecular formula is C36H44N6O5. The maximum Gasteiger partial charge on any atom is 0.297 e. The number of fused-ring (bicyclic) bond motifs is 1. The number of nitrogens with one attached hydrogen (secondary N) is 1. The smallest absolute Gasteiger partial charge is 0.297 e. The van der Waals surface area contributed by atoms with Crippen LogP contribution in [0.2, 0.25) is 0 Å². The highest BCUT2D eigenvalue weighted by Crippen LogP contribution is 2.32. The van der Waals surface area contributed by atoms with E-state index < -0.39 is 0 Å². The maximum absolute atomic E-state index is 13.2. The van der Waals surface area contributed by atoms with Gasteiger partial charge in [-0.2, -0.15) is 4.98 Å². The molecule has 11 nitrogen and oxygen atoms in total. The zero-order valence-corrected chi connectivity index (χ0v) is 27.9. The second kappa shape index (κ2) is 15.2. The van der Waals surface area contributed by atoms with E-state index in [0.717, 1.165) is 46.4 Å². The van der Waals surface area contributed by atoms with E-state index in [1.165, 1.54) is 0 Å².